The second-order valence-corrected chi connectivity index (χ2v) is 7.87. The van der Waals surface area contributed by atoms with Gasteiger partial charge in [-0.1, -0.05) is 0 Å². The summed E-state index contributed by atoms with van der Waals surface area (Å²) in [6.07, 6.45) is 2.43. The lowest BCUT2D eigenvalue weighted by Gasteiger charge is -2.26. The van der Waals surface area contributed by atoms with Crippen LogP contribution in [0.5, 0.6) is 11.5 Å². The number of halogens is 1. The summed E-state index contributed by atoms with van der Waals surface area (Å²) >= 11 is 0. The van der Waals surface area contributed by atoms with E-state index < -0.39 is 0 Å². The smallest absolute Gasteiger partial charge is 0.162 e. The Morgan fingerprint density at radius 1 is 1.12 bits per heavy atom. The topological polar surface area (TPSA) is 60.0 Å². The Kier molecular flexibility index (Phi) is 7.02. The Hall–Kier alpha value is -2.97. The summed E-state index contributed by atoms with van der Waals surface area (Å²) in [5.74, 6) is 1.77. The number of aryl methyl sites for hydroxylation is 1. The van der Waals surface area contributed by atoms with Gasteiger partial charge in [-0.25, -0.2) is 14.4 Å². The molecule has 1 aromatic heterocycles. The van der Waals surface area contributed by atoms with Gasteiger partial charge in [-0.15, -0.1) is 0 Å². The number of fused-ring (bicyclic) bond motifs is 1. The van der Waals surface area contributed by atoms with Gasteiger partial charge in [0.1, 0.15) is 18.0 Å². The molecule has 2 aromatic carbocycles. The zero-order valence-corrected chi connectivity index (χ0v) is 18.8. The van der Waals surface area contributed by atoms with E-state index in [0.29, 0.717) is 29.5 Å². The van der Waals surface area contributed by atoms with Crippen LogP contribution in [0, 0.1) is 12.7 Å². The summed E-state index contributed by atoms with van der Waals surface area (Å²) in [5, 5.41) is 0.834. The van der Waals surface area contributed by atoms with Gasteiger partial charge in [-0.3, -0.25) is 4.90 Å². The average Bonchev–Trinajstić information content (AvgIpc) is 2.83. The van der Waals surface area contributed by atoms with Crippen LogP contribution >= 0.6 is 0 Å². The first-order chi connectivity index (χ1) is 15.6. The fourth-order valence-electron chi connectivity index (χ4n) is 3.84. The van der Waals surface area contributed by atoms with Crippen molar-refractivity contribution in [2.45, 2.75) is 13.3 Å². The Balaban J connectivity index is 1.56. The van der Waals surface area contributed by atoms with E-state index in [1.165, 1.54) is 12.4 Å². The van der Waals surface area contributed by atoms with Gasteiger partial charge in [-0.05, 0) is 43.2 Å². The molecule has 0 N–H and O–H groups in total. The third-order valence-electron chi connectivity index (χ3n) is 5.73. The van der Waals surface area contributed by atoms with E-state index in [1.807, 2.05) is 24.1 Å². The van der Waals surface area contributed by atoms with Gasteiger partial charge in [0.25, 0.3) is 0 Å². The van der Waals surface area contributed by atoms with Crippen molar-refractivity contribution in [2.24, 2.45) is 0 Å². The molecule has 3 aromatic rings. The minimum atomic E-state index is -0.229. The zero-order valence-electron chi connectivity index (χ0n) is 18.8. The number of rotatable bonds is 8. The fourth-order valence-corrected chi connectivity index (χ4v) is 3.84. The van der Waals surface area contributed by atoms with Crippen molar-refractivity contribution >= 4 is 22.4 Å². The Labute approximate surface area is 187 Å². The number of aromatic nitrogens is 2. The summed E-state index contributed by atoms with van der Waals surface area (Å²) in [4.78, 5) is 13.2. The van der Waals surface area contributed by atoms with Crippen molar-refractivity contribution in [1.29, 1.82) is 0 Å². The van der Waals surface area contributed by atoms with Gasteiger partial charge in [0.05, 0.1) is 32.4 Å². The largest absolute Gasteiger partial charge is 0.493 e. The van der Waals surface area contributed by atoms with E-state index in [2.05, 4.69) is 14.9 Å². The molecule has 8 heteroatoms. The predicted molar refractivity (Wildman–Crippen MR) is 123 cm³/mol. The van der Waals surface area contributed by atoms with E-state index in [4.69, 9.17) is 14.2 Å². The van der Waals surface area contributed by atoms with Crippen molar-refractivity contribution in [3.05, 3.63) is 48.0 Å². The Morgan fingerprint density at radius 3 is 2.69 bits per heavy atom. The normalized spacial score (nSPS) is 14.5. The molecule has 1 saturated heterocycles. The van der Waals surface area contributed by atoms with Gasteiger partial charge >= 0.3 is 0 Å². The van der Waals surface area contributed by atoms with Crippen LogP contribution in [0.25, 0.3) is 10.9 Å². The molecule has 2 heterocycles. The Morgan fingerprint density at radius 2 is 1.94 bits per heavy atom. The van der Waals surface area contributed by atoms with Crippen molar-refractivity contribution in [3.8, 4) is 11.5 Å². The van der Waals surface area contributed by atoms with Crippen LogP contribution in [0.2, 0.25) is 0 Å². The zero-order chi connectivity index (χ0) is 22.5. The number of morpholine rings is 1. The molecule has 32 heavy (non-hydrogen) atoms. The van der Waals surface area contributed by atoms with Crippen LogP contribution in [-0.2, 0) is 4.74 Å². The van der Waals surface area contributed by atoms with Crippen LogP contribution < -0.4 is 14.4 Å². The number of methoxy groups -OCH3 is 1. The molecule has 170 valence electrons. The molecular formula is C24H29FN4O3. The molecular weight excluding hydrogens is 411 g/mol. The highest BCUT2D eigenvalue weighted by molar-refractivity contribution is 5.93. The number of hydrogen-bond acceptors (Lipinski definition) is 7. The Bertz CT molecular complexity index is 1070. The summed E-state index contributed by atoms with van der Waals surface area (Å²) in [5.41, 5.74) is 2.17. The molecule has 0 atom stereocenters. The van der Waals surface area contributed by atoms with Gasteiger partial charge in [0, 0.05) is 43.8 Å². The second-order valence-electron chi connectivity index (χ2n) is 7.87. The molecule has 1 aliphatic rings. The standard InChI is InChI=1S/C24H29FN4O3/c1-17-13-18(5-6-20(17)25)28(2)24-19-14-23(22(30-3)15-21(19)26-16-27-24)32-10-4-7-29-8-11-31-12-9-29/h5-6,13-16H,4,7-12H2,1-3H3. The van der Waals surface area contributed by atoms with Gasteiger partial charge in [0.15, 0.2) is 11.5 Å². The third-order valence-corrected chi connectivity index (χ3v) is 5.73. The van der Waals surface area contributed by atoms with Crippen molar-refractivity contribution < 1.29 is 18.6 Å². The van der Waals surface area contributed by atoms with Crippen LogP contribution in [0.15, 0.2) is 36.7 Å². The molecule has 1 fully saturated rings. The van der Waals surface area contributed by atoms with E-state index in [1.54, 1.807) is 26.2 Å². The van der Waals surface area contributed by atoms with Crippen molar-refractivity contribution in [2.75, 3.05) is 58.5 Å². The first-order valence-electron chi connectivity index (χ1n) is 10.8. The average molecular weight is 441 g/mol. The minimum absolute atomic E-state index is 0.229. The molecule has 0 saturated carbocycles. The predicted octanol–water partition coefficient (Wildman–Crippen LogP) is 3.95. The number of nitrogens with zero attached hydrogens (tertiary/aromatic N) is 4. The molecule has 7 nitrogen and oxygen atoms in total. The van der Waals surface area contributed by atoms with Crippen molar-refractivity contribution in [3.63, 3.8) is 0 Å². The number of anilines is 2. The van der Waals surface area contributed by atoms with Crippen molar-refractivity contribution in [1.82, 2.24) is 14.9 Å². The fraction of sp³-hybridized carbons (Fsp3) is 0.417. The molecule has 0 radical (unpaired) electrons. The summed E-state index contributed by atoms with van der Waals surface area (Å²) in [6.45, 7) is 6.82. The lowest BCUT2D eigenvalue weighted by molar-refractivity contribution is 0.0357. The van der Waals surface area contributed by atoms with E-state index in [-0.39, 0.29) is 5.82 Å². The number of ether oxygens (including phenoxy) is 3. The minimum Gasteiger partial charge on any atom is -0.493 e. The van der Waals surface area contributed by atoms with Crippen LogP contribution in [0.4, 0.5) is 15.9 Å². The maximum Gasteiger partial charge on any atom is 0.162 e. The van der Waals surface area contributed by atoms with Gasteiger partial charge < -0.3 is 19.1 Å². The maximum atomic E-state index is 13.7. The lowest BCUT2D eigenvalue weighted by atomic mass is 10.1. The summed E-state index contributed by atoms with van der Waals surface area (Å²) in [6, 6.07) is 8.79. The van der Waals surface area contributed by atoms with E-state index in [0.717, 1.165) is 55.9 Å². The highest BCUT2D eigenvalue weighted by Crippen LogP contribution is 2.36. The van der Waals surface area contributed by atoms with E-state index >= 15 is 0 Å². The quantitative estimate of drug-likeness (QED) is 0.492. The van der Waals surface area contributed by atoms with Gasteiger partial charge in [0.2, 0.25) is 0 Å². The molecule has 0 unspecified atom stereocenters. The summed E-state index contributed by atoms with van der Waals surface area (Å²) < 4.78 is 30.8. The molecule has 0 bridgehead atoms. The summed E-state index contributed by atoms with van der Waals surface area (Å²) in [7, 11) is 3.53. The lowest BCUT2D eigenvalue weighted by Crippen LogP contribution is -2.37. The monoisotopic (exact) mass is 440 g/mol. The molecule has 0 aliphatic carbocycles. The number of hydrogen-bond donors (Lipinski definition) is 0. The number of benzene rings is 2. The second kappa shape index (κ2) is 10.1. The highest BCUT2D eigenvalue weighted by atomic mass is 19.1. The molecule has 1 aliphatic heterocycles. The maximum absolute atomic E-state index is 13.7. The van der Waals surface area contributed by atoms with Crippen LogP contribution in [0.1, 0.15) is 12.0 Å². The van der Waals surface area contributed by atoms with Crippen LogP contribution in [0.3, 0.4) is 0 Å². The third kappa shape index (κ3) is 4.92. The molecule has 4 rings (SSSR count). The SMILES string of the molecule is COc1cc2ncnc(N(C)c3ccc(F)c(C)c3)c2cc1OCCCN1CCOCC1. The first kappa shape index (κ1) is 22.2. The molecule has 0 amide bonds. The first-order valence-corrected chi connectivity index (χ1v) is 10.8. The van der Waals surface area contributed by atoms with Gasteiger partial charge in [-0.2, -0.15) is 0 Å². The van der Waals surface area contributed by atoms with E-state index in [9.17, 15) is 4.39 Å². The highest BCUT2D eigenvalue weighted by Gasteiger charge is 2.16. The molecule has 0 spiro atoms. The van der Waals surface area contributed by atoms with Crippen LogP contribution in [-0.4, -0.2) is 68.5 Å².